The van der Waals surface area contributed by atoms with Crippen molar-refractivity contribution in [3.63, 3.8) is 0 Å². The lowest BCUT2D eigenvalue weighted by Gasteiger charge is -2.35. The molecule has 1 atom stereocenters. The van der Waals surface area contributed by atoms with Gasteiger partial charge in [-0.05, 0) is 37.1 Å². The molecule has 0 radical (unpaired) electrons. The zero-order valence-electron chi connectivity index (χ0n) is 17.8. The van der Waals surface area contributed by atoms with Crippen LogP contribution in [0, 0.1) is 0 Å². The number of methoxy groups -OCH3 is 2. The molecule has 1 aliphatic heterocycles. The number of piperidine rings is 1. The highest BCUT2D eigenvalue weighted by Gasteiger charge is 2.21. The molecule has 0 aliphatic carbocycles. The molecule has 0 amide bonds. The normalized spacial score (nSPS) is 16.7. The van der Waals surface area contributed by atoms with Gasteiger partial charge in [0.05, 0.1) is 26.5 Å². The predicted molar refractivity (Wildman–Crippen MR) is 131 cm³/mol. The van der Waals surface area contributed by atoms with Gasteiger partial charge in [0.1, 0.15) is 11.5 Å². The first kappa shape index (κ1) is 24.3. The molecular formula is C22H33IN4O3. The van der Waals surface area contributed by atoms with Gasteiger partial charge in [0.15, 0.2) is 5.96 Å². The lowest BCUT2D eigenvalue weighted by atomic mass is 10.0. The van der Waals surface area contributed by atoms with Gasteiger partial charge in [-0.15, -0.1) is 24.0 Å². The zero-order valence-corrected chi connectivity index (χ0v) is 20.1. The third-order valence-electron chi connectivity index (χ3n) is 4.99. The Morgan fingerprint density at radius 3 is 2.93 bits per heavy atom. The van der Waals surface area contributed by atoms with Crippen molar-refractivity contribution in [1.82, 2.24) is 10.6 Å². The highest BCUT2D eigenvalue weighted by molar-refractivity contribution is 14.0. The van der Waals surface area contributed by atoms with Crippen LogP contribution in [-0.4, -0.2) is 59.0 Å². The van der Waals surface area contributed by atoms with E-state index in [9.17, 15) is 0 Å². The van der Waals surface area contributed by atoms with Crippen molar-refractivity contribution in [2.24, 2.45) is 4.99 Å². The van der Waals surface area contributed by atoms with E-state index in [4.69, 9.17) is 13.9 Å². The van der Waals surface area contributed by atoms with Gasteiger partial charge < -0.3 is 29.4 Å². The van der Waals surface area contributed by atoms with Crippen LogP contribution in [0.1, 0.15) is 18.6 Å². The SMILES string of the molecule is COCCN=C(NCCc1ccco1)NC1CCCN(c2cccc(OC)c2)C1.I. The summed E-state index contributed by atoms with van der Waals surface area (Å²) < 4.78 is 15.9. The fourth-order valence-electron chi connectivity index (χ4n) is 3.49. The fourth-order valence-corrected chi connectivity index (χ4v) is 3.49. The van der Waals surface area contributed by atoms with E-state index in [2.05, 4.69) is 32.7 Å². The van der Waals surface area contributed by atoms with E-state index in [-0.39, 0.29) is 24.0 Å². The number of nitrogens with zero attached hydrogens (tertiary/aromatic N) is 2. The Kier molecular flexibility index (Phi) is 10.9. The molecule has 2 aromatic rings. The van der Waals surface area contributed by atoms with Crippen molar-refractivity contribution in [2.45, 2.75) is 25.3 Å². The number of guanidine groups is 1. The third kappa shape index (κ3) is 7.71. The first-order valence-electron chi connectivity index (χ1n) is 10.2. The van der Waals surface area contributed by atoms with Crippen LogP contribution in [0.2, 0.25) is 0 Å². The van der Waals surface area contributed by atoms with E-state index in [1.807, 2.05) is 24.3 Å². The molecule has 8 heteroatoms. The molecule has 7 nitrogen and oxygen atoms in total. The van der Waals surface area contributed by atoms with E-state index in [0.29, 0.717) is 19.2 Å². The summed E-state index contributed by atoms with van der Waals surface area (Å²) in [6.45, 7) is 3.97. The van der Waals surface area contributed by atoms with Crippen LogP contribution in [0.3, 0.4) is 0 Å². The first-order chi connectivity index (χ1) is 14.3. The number of anilines is 1. The summed E-state index contributed by atoms with van der Waals surface area (Å²) in [7, 11) is 3.40. The van der Waals surface area contributed by atoms with E-state index >= 15 is 0 Å². The Balaban J connectivity index is 0.00000320. The minimum atomic E-state index is 0. The molecule has 2 N–H and O–H groups in total. The minimum Gasteiger partial charge on any atom is -0.497 e. The van der Waals surface area contributed by atoms with E-state index in [1.165, 1.54) is 5.69 Å². The van der Waals surface area contributed by atoms with E-state index < -0.39 is 0 Å². The van der Waals surface area contributed by atoms with Crippen LogP contribution in [-0.2, 0) is 11.2 Å². The number of hydrogen-bond donors (Lipinski definition) is 2. The second kappa shape index (κ2) is 13.4. The summed E-state index contributed by atoms with van der Waals surface area (Å²) >= 11 is 0. The van der Waals surface area contributed by atoms with E-state index in [1.54, 1.807) is 20.5 Å². The molecule has 166 valence electrons. The molecule has 1 saturated heterocycles. The van der Waals surface area contributed by atoms with Gasteiger partial charge in [0.2, 0.25) is 0 Å². The Bertz CT molecular complexity index is 755. The number of nitrogens with one attached hydrogen (secondary N) is 2. The van der Waals surface area contributed by atoms with E-state index in [0.717, 1.165) is 56.4 Å². The largest absolute Gasteiger partial charge is 0.497 e. The maximum atomic E-state index is 5.41. The molecule has 1 aromatic carbocycles. The summed E-state index contributed by atoms with van der Waals surface area (Å²) in [6, 6.07) is 12.5. The van der Waals surface area contributed by atoms with Crippen LogP contribution < -0.4 is 20.3 Å². The molecule has 0 saturated carbocycles. The molecular weight excluding hydrogens is 495 g/mol. The minimum absolute atomic E-state index is 0. The van der Waals surface area contributed by atoms with Crippen molar-refractivity contribution in [3.05, 3.63) is 48.4 Å². The standard InChI is InChI=1S/C22H32N4O3.HI/c1-27-15-12-24-22(23-11-10-20-9-5-14-29-20)25-18-6-4-13-26(17-18)19-7-3-8-21(16-19)28-2;/h3,5,7-9,14,16,18H,4,6,10-13,15,17H2,1-2H3,(H2,23,24,25);1H. The van der Waals surface area contributed by atoms with Crippen molar-refractivity contribution < 1.29 is 13.9 Å². The maximum absolute atomic E-state index is 5.41. The molecule has 0 spiro atoms. The van der Waals surface area contributed by atoms with Gasteiger partial charge in [-0.2, -0.15) is 0 Å². The van der Waals surface area contributed by atoms with Crippen LogP contribution in [0.4, 0.5) is 5.69 Å². The molecule has 0 bridgehead atoms. The highest BCUT2D eigenvalue weighted by atomic mass is 127. The summed E-state index contributed by atoms with van der Waals surface area (Å²) in [5.41, 5.74) is 1.19. The number of rotatable bonds is 9. The first-order valence-corrected chi connectivity index (χ1v) is 10.2. The lowest BCUT2D eigenvalue weighted by molar-refractivity contribution is 0.207. The Morgan fingerprint density at radius 1 is 1.27 bits per heavy atom. The van der Waals surface area contributed by atoms with Gasteiger partial charge in [0.25, 0.3) is 0 Å². The molecule has 1 aromatic heterocycles. The lowest BCUT2D eigenvalue weighted by Crippen LogP contribution is -2.51. The monoisotopic (exact) mass is 528 g/mol. The molecule has 1 unspecified atom stereocenters. The van der Waals surface area contributed by atoms with Crippen LogP contribution >= 0.6 is 24.0 Å². The van der Waals surface area contributed by atoms with Crippen molar-refractivity contribution >= 4 is 35.6 Å². The van der Waals surface area contributed by atoms with Crippen molar-refractivity contribution in [2.75, 3.05) is 51.9 Å². The Labute approximate surface area is 196 Å². The Morgan fingerprint density at radius 2 is 2.17 bits per heavy atom. The van der Waals surface area contributed by atoms with Crippen LogP contribution in [0.5, 0.6) is 5.75 Å². The molecule has 30 heavy (non-hydrogen) atoms. The van der Waals surface area contributed by atoms with Gasteiger partial charge in [-0.3, -0.25) is 4.99 Å². The number of hydrogen-bond acceptors (Lipinski definition) is 5. The quantitative estimate of drug-likeness (QED) is 0.225. The molecule has 3 rings (SSSR count). The zero-order chi connectivity index (χ0) is 20.3. The fraction of sp³-hybridized carbons (Fsp3) is 0.500. The molecule has 1 aliphatic rings. The third-order valence-corrected chi connectivity index (χ3v) is 4.99. The summed E-state index contributed by atoms with van der Waals surface area (Å²) in [4.78, 5) is 7.05. The number of furan rings is 1. The van der Waals surface area contributed by atoms with Gasteiger partial charge in [-0.1, -0.05) is 6.07 Å². The molecule has 2 heterocycles. The average Bonchev–Trinajstić information content (AvgIpc) is 3.27. The summed E-state index contributed by atoms with van der Waals surface area (Å²) in [5, 5.41) is 7.02. The van der Waals surface area contributed by atoms with Crippen molar-refractivity contribution in [1.29, 1.82) is 0 Å². The summed E-state index contributed by atoms with van der Waals surface area (Å²) in [5.74, 6) is 2.68. The predicted octanol–water partition coefficient (Wildman–Crippen LogP) is 3.30. The maximum Gasteiger partial charge on any atom is 0.191 e. The molecule has 1 fully saturated rings. The van der Waals surface area contributed by atoms with Crippen LogP contribution in [0.15, 0.2) is 52.1 Å². The van der Waals surface area contributed by atoms with Gasteiger partial charge in [-0.25, -0.2) is 0 Å². The number of benzene rings is 1. The topological polar surface area (TPSA) is 71.3 Å². The second-order valence-corrected chi connectivity index (χ2v) is 7.11. The highest BCUT2D eigenvalue weighted by Crippen LogP contribution is 2.24. The van der Waals surface area contributed by atoms with Crippen molar-refractivity contribution in [3.8, 4) is 5.75 Å². The smallest absolute Gasteiger partial charge is 0.191 e. The number of halogens is 1. The average molecular weight is 528 g/mol. The second-order valence-electron chi connectivity index (χ2n) is 7.11. The summed E-state index contributed by atoms with van der Waals surface area (Å²) in [6.07, 6.45) is 4.77. The van der Waals surface area contributed by atoms with Gasteiger partial charge in [0, 0.05) is 51.0 Å². The Hall–Kier alpha value is -1.94. The van der Waals surface area contributed by atoms with Crippen LogP contribution in [0.25, 0.3) is 0 Å². The number of aliphatic imine (C=N–C) groups is 1. The van der Waals surface area contributed by atoms with Gasteiger partial charge >= 0.3 is 0 Å². The number of ether oxygens (including phenoxy) is 2.